The van der Waals surface area contributed by atoms with Gasteiger partial charge in [0.1, 0.15) is 17.6 Å². The van der Waals surface area contributed by atoms with Gasteiger partial charge in [0.2, 0.25) is 0 Å². The summed E-state index contributed by atoms with van der Waals surface area (Å²) in [6, 6.07) is 14.9. The van der Waals surface area contributed by atoms with E-state index in [-0.39, 0.29) is 6.42 Å². The van der Waals surface area contributed by atoms with Crippen LogP contribution in [0.3, 0.4) is 0 Å². The first-order valence-corrected chi connectivity index (χ1v) is 9.33. The van der Waals surface area contributed by atoms with Crippen molar-refractivity contribution >= 4 is 34.5 Å². The highest BCUT2D eigenvalue weighted by molar-refractivity contribution is 6.31. The minimum absolute atomic E-state index is 0.0327. The number of halogens is 1. The Labute approximate surface area is 167 Å². The lowest BCUT2D eigenvalue weighted by molar-refractivity contribution is -0.156. The molecule has 0 amide bonds. The Morgan fingerprint density at radius 2 is 2.04 bits per heavy atom. The summed E-state index contributed by atoms with van der Waals surface area (Å²) in [7, 11) is 0. The molecule has 142 valence electrons. The van der Waals surface area contributed by atoms with Crippen molar-refractivity contribution in [1.29, 1.82) is 0 Å². The molecule has 0 radical (unpaired) electrons. The molecule has 28 heavy (non-hydrogen) atoms. The molecule has 0 aliphatic carbocycles. The number of pyridine rings is 1. The normalized spacial score (nSPS) is 19.7. The molecule has 2 aromatic carbocycles. The lowest BCUT2D eigenvalue weighted by Gasteiger charge is -2.23. The summed E-state index contributed by atoms with van der Waals surface area (Å²) in [5, 5.41) is 11.2. The number of hydrogen-bond donors (Lipinski definition) is 1. The number of benzene rings is 2. The van der Waals surface area contributed by atoms with Crippen molar-refractivity contribution < 1.29 is 19.4 Å². The number of cyclic esters (lactones) is 1. The number of para-hydroxylation sites is 1. The second kappa shape index (κ2) is 8.00. The maximum Gasteiger partial charge on any atom is 0.309 e. The van der Waals surface area contributed by atoms with Crippen LogP contribution in [0.1, 0.15) is 18.4 Å². The van der Waals surface area contributed by atoms with Crippen LogP contribution in [-0.2, 0) is 9.53 Å². The van der Waals surface area contributed by atoms with E-state index in [9.17, 15) is 9.90 Å². The molecule has 3 aromatic rings. The van der Waals surface area contributed by atoms with Gasteiger partial charge in [-0.2, -0.15) is 0 Å². The third kappa shape index (κ3) is 4.16. The smallest absolute Gasteiger partial charge is 0.309 e. The van der Waals surface area contributed by atoms with E-state index in [4.69, 9.17) is 21.1 Å². The number of fused-ring (bicyclic) bond motifs is 1. The van der Waals surface area contributed by atoms with Crippen LogP contribution in [0, 0.1) is 0 Å². The number of aliphatic hydroxyl groups is 1. The molecule has 1 aliphatic heterocycles. The van der Waals surface area contributed by atoms with Gasteiger partial charge in [0.15, 0.2) is 0 Å². The van der Waals surface area contributed by atoms with Gasteiger partial charge in [-0.3, -0.25) is 9.78 Å². The molecule has 1 fully saturated rings. The first kappa shape index (κ1) is 18.5. The zero-order chi connectivity index (χ0) is 19.5. The number of esters is 1. The third-order valence-electron chi connectivity index (χ3n) is 4.45. The van der Waals surface area contributed by atoms with Gasteiger partial charge in [-0.25, -0.2) is 0 Å². The average Bonchev–Trinajstić information content (AvgIpc) is 2.67. The number of hydrogen-bond acceptors (Lipinski definition) is 5. The Kier molecular flexibility index (Phi) is 5.28. The van der Waals surface area contributed by atoms with E-state index in [0.717, 1.165) is 16.5 Å². The van der Waals surface area contributed by atoms with Gasteiger partial charge in [0.05, 0.1) is 18.0 Å². The average molecular weight is 396 g/mol. The summed E-state index contributed by atoms with van der Waals surface area (Å²) in [6.07, 6.45) is 4.47. The van der Waals surface area contributed by atoms with Gasteiger partial charge in [-0.15, -0.1) is 0 Å². The monoisotopic (exact) mass is 395 g/mol. The van der Waals surface area contributed by atoms with E-state index in [1.807, 2.05) is 36.4 Å². The molecule has 1 saturated heterocycles. The Hall–Kier alpha value is -2.89. The summed E-state index contributed by atoms with van der Waals surface area (Å²) in [6.45, 7) is 0. The first-order valence-electron chi connectivity index (χ1n) is 8.95. The van der Waals surface area contributed by atoms with Crippen LogP contribution >= 0.6 is 11.6 Å². The molecule has 2 heterocycles. The molecule has 0 bridgehead atoms. The van der Waals surface area contributed by atoms with Gasteiger partial charge in [0.25, 0.3) is 0 Å². The lowest BCUT2D eigenvalue weighted by Crippen LogP contribution is -2.31. The number of carbonyl (C=O) groups is 1. The second-order valence-electron chi connectivity index (χ2n) is 6.60. The molecule has 0 unspecified atom stereocenters. The molecule has 6 heteroatoms. The van der Waals surface area contributed by atoms with Gasteiger partial charge >= 0.3 is 5.97 Å². The maximum atomic E-state index is 11.5. The molecule has 4 rings (SSSR count). The van der Waals surface area contributed by atoms with Crippen molar-refractivity contribution in [2.24, 2.45) is 0 Å². The fourth-order valence-electron chi connectivity index (χ4n) is 3.13. The lowest BCUT2D eigenvalue weighted by atomic mass is 10.0. The number of rotatable bonds is 4. The van der Waals surface area contributed by atoms with E-state index < -0.39 is 18.2 Å². The Bertz CT molecular complexity index is 1040. The predicted octanol–water partition coefficient (Wildman–Crippen LogP) is 4.76. The largest absolute Gasteiger partial charge is 0.458 e. The van der Waals surface area contributed by atoms with Crippen LogP contribution in [0.4, 0.5) is 0 Å². The van der Waals surface area contributed by atoms with Crippen molar-refractivity contribution in [3.63, 3.8) is 0 Å². The van der Waals surface area contributed by atoms with E-state index in [1.54, 1.807) is 30.5 Å². The molecule has 1 aliphatic rings. The number of ether oxygens (including phenoxy) is 2. The zero-order valence-electron chi connectivity index (χ0n) is 14.9. The van der Waals surface area contributed by atoms with E-state index in [1.165, 1.54) is 0 Å². The maximum absolute atomic E-state index is 11.5. The second-order valence-corrected chi connectivity index (χ2v) is 7.04. The number of aliphatic hydroxyl groups excluding tert-OH is 1. The van der Waals surface area contributed by atoms with Gasteiger partial charge in [-0.05, 0) is 36.4 Å². The van der Waals surface area contributed by atoms with Crippen LogP contribution in [0.2, 0.25) is 5.02 Å². The van der Waals surface area contributed by atoms with Crippen molar-refractivity contribution in [3.05, 3.63) is 71.4 Å². The van der Waals surface area contributed by atoms with Crippen molar-refractivity contribution in [2.45, 2.75) is 25.0 Å². The van der Waals surface area contributed by atoms with Gasteiger partial charge in [-0.1, -0.05) is 35.9 Å². The minimum Gasteiger partial charge on any atom is -0.458 e. The highest BCUT2D eigenvalue weighted by Crippen LogP contribution is 2.34. The predicted molar refractivity (Wildman–Crippen MR) is 107 cm³/mol. The number of carbonyl (C=O) groups excluding carboxylic acids is 1. The van der Waals surface area contributed by atoms with Crippen LogP contribution in [0.25, 0.3) is 17.0 Å². The molecule has 0 saturated carbocycles. The fraction of sp³-hybridized carbons (Fsp3) is 0.182. The molecule has 1 aromatic heterocycles. The van der Waals surface area contributed by atoms with Crippen molar-refractivity contribution in [2.75, 3.05) is 0 Å². The number of aromatic nitrogens is 1. The SMILES string of the molecule is O=C1C[C@H](O)C[C@@H](/C=C/c2cnc3cc(Cl)ccc3c2Oc2ccccc2)O1. The Morgan fingerprint density at radius 3 is 2.82 bits per heavy atom. The Balaban J connectivity index is 1.72. The molecular weight excluding hydrogens is 378 g/mol. The van der Waals surface area contributed by atoms with E-state index in [0.29, 0.717) is 22.9 Å². The van der Waals surface area contributed by atoms with Crippen LogP contribution in [0.5, 0.6) is 11.5 Å². The highest BCUT2D eigenvalue weighted by Gasteiger charge is 2.25. The zero-order valence-corrected chi connectivity index (χ0v) is 15.7. The van der Waals surface area contributed by atoms with Crippen LogP contribution in [0.15, 0.2) is 60.8 Å². The summed E-state index contributed by atoms with van der Waals surface area (Å²) in [4.78, 5) is 16.0. The quantitative estimate of drug-likeness (QED) is 0.645. The topological polar surface area (TPSA) is 68.7 Å². The summed E-state index contributed by atoms with van der Waals surface area (Å²) in [5.74, 6) is 0.923. The summed E-state index contributed by atoms with van der Waals surface area (Å²) in [5.41, 5.74) is 1.45. The third-order valence-corrected chi connectivity index (χ3v) is 4.69. The standard InChI is InChI=1S/C22H18ClNO4/c23-15-7-9-19-20(10-15)24-13-14(22(19)28-17-4-2-1-3-5-17)6-8-18-11-16(25)12-21(26)27-18/h1-10,13,16,18,25H,11-12H2/b8-6+/t16-,18-/m1/s1. The van der Waals surface area contributed by atoms with E-state index >= 15 is 0 Å². The van der Waals surface area contributed by atoms with Crippen molar-refractivity contribution in [1.82, 2.24) is 4.98 Å². The molecule has 0 spiro atoms. The summed E-state index contributed by atoms with van der Waals surface area (Å²) < 4.78 is 11.4. The minimum atomic E-state index is -0.687. The van der Waals surface area contributed by atoms with E-state index in [2.05, 4.69) is 4.98 Å². The van der Waals surface area contributed by atoms with Crippen LogP contribution < -0.4 is 4.74 Å². The molecule has 5 nitrogen and oxygen atoms in total. The number of nitrogens with zero attached hydrogens (tertiary/aromatic N) is 1. The van der Waals surface area contributed by atoms with Gasteiger partial charge in [0, 0.05) is 28.6 Å². The fourth-order valence-corrected chi connectivity index (χ4v) is 3.30. The van der Waals surface area contributed by atoms with Crippen LogP contribution in [-0.4, -0.2) is 28.3 Å². The molecule has 2 atom stereocenters. The van der Waals surface area contributed by atoms with Gasteiger partial charge < -0.3 is 14.6 Å². The first-order chi connectivity index (χ1) is 13.6. The highest BCUT2D eigenvalue weighted by atomic mass is 35.5. The Morgan fingerprint density at radius 1 is 1.21 bits per heavy atom. The van der Waals surface area contributed by atoms with Crippen molar-refractivity contribution in [3.8, 4) is 11.5 Å². The summed E-state index contributed by atoms with van der Waals surface area (Å²) >= 11 is 6.09. The molecule has 1 N–H and O–H groups in total. The molecular formula is C22H18ClNO4.